The molecule has 0 atom stereocenters. The molecule has 1 saturated heterocycles. The molecule has 3 heterocycles. The fourth-order valence-electron chi connectivity index (χ4n) is 2.74. The minimum Gasteiger partial charge on any atom is -0.398 e. The van der Waals surface area contributed by atoms with E-state index in [1.807, 2.05) is 22.7 Å². The van der Waals surface area contributed by atoms with Crippen molar-refractivity contribution in [3.63, 3.8) is 0 Å². The van der Waals surface area contributed by atoms with Crippen molar-refractivity contribution in [2.45, 2.75) is 26.2 Å². The first-order valence-corrected chi connectivity index (χ1v) is 7.16. The predicted octanol–water partition coefficient (Wildman–Crippen LogP) is 2.19. The number of pyridine rings is 1. The number of nitrogens with two attached hydrogens (primary N) is 1. The number of hydrogen-bond acceptors (Lipinski definition) is 3. The second-order valence-electron chi connectivity index (χ2n) is 5.73. The molecule has 2 aromatic heterocycles. The predicted molar refractivity (Wildman–Crippen MR) is 78.1 cm³/mol. The minimum absolute atomic E-state index is 0.779. The van der Waals surface area contributed by atoms with Crippen LogP contribution in [0.25, 0.3) is 5.65 Å². The maximum atomic E-state index is 5.78. The molecule has 19 heavy (non-hydrogen) atoms. The molecule has 4 nitrogen and oxygen atoms in total. The highest BCUT2D eigenvalue weighted by Gasteiger charge is 2.15. The highest BCUT2D eigenvalue weighted by molar-refractivity contribution is 5.48. The molecular formula is C15H22N4. The summed E-state index contributed by atoms with van der Waals surface area (Å²) in [6.07, 6.45) is 7.71. The highest BCUT2D eigenvalue weighted by atomic mass is 15.1. The molecule has 2 aromatic rings. The number of nitrogen functional groups attached to an aromatic ring is 1. The van der Waals surface area contributed by atoms with Crippen molar-refractivity contribution in [3.05, 3.63) is 30.2 Å². The van der Waals surface area contributed by atoms with Gasteiger partial charge in [-0.25, -0.2) is 4.98 Å². The van der Waals surface area contributed by atoms with Crippen LogP contribution in [0.1, 0.15) is 25.5 Å². The number of hydrogen-bond donors (Lipinski definition) is 1. The first-order chi connectivity index (χ1) is 9.20. The topological polar surface area (TPSA) is 46.6 Å². The van der Waals surface area contributed by atoms with E-state index in [0.717, 1.165) is 35.9 Å². The zero-order chi connectivity index (χ0) is 13.2. The van der Waals surface area contributed by atoms with Gasteiger partial charge in [0.25, 0.3) is 0 Å². The molecule has 4 heteroatoms. The maximum Gasteiger partial charge on any atom is 0.137 e. The number of piperidine rings is 1. The fourth-order valence-corrected chi connectivity index (χ4v) is 2.74. The summed E-state index contributed by atoms with van der Waals surface area (Å²) < 4.78 is 2.02. The average Bonchev–Trinajstić information content (AvgIpc) is 2.80. The van der Waals surface area contributed by atoms with E-state index in [9.17, 15) is 0 Å². The van der Waals surface area contributed by atoms with Gasteiger partial charge in [-0.15, -0.1) is 0 Å². The number of imidazole rings is 1. The molecule has 0 saturated carbocycles. The lowest BCUT2D eigenvalue weighted by atomic mass is 9.99. The van der Waals surface area contributed by atoms with Crippen molar-refractivity contribution in [1.82, 2.24) is 14.3 Å². The lowest BCUT2D eigenvalue weighted by Gasteiger charge is -2.29. The Morgan fingerprint density at radius 3 is 2.84 bits per heavy atom. The Balaban J connectivity index is 1.62. The van der Waals surface area contributed by atoms with Gasteiger partial charge in [-0.3, -0.25) is 0 Å². The van der Waals surface area contributed by atoms with Crippen LogP contribution in [-0.4, -0.2) is 33.9 Å². The van der Waals surface area contributed by atoms with E-state index in [-0.39, 0.29) is 0 Å². The van der Waals surface area contributed by atoms with Crippen molar-refractivity contribution >= 4 is 11.3 Å². The summed E-state index contributed by atoms with van der Waals surface area (Å²) in [4.78, 5) is 7.19. The fraction of sp³-hybridized carbons (Fsp3) is 0.533. The first-order valence-electron chi connectivity index (χ1n) is 7.16. The lowest BCUT2D eigenvalue weighted by molar-refractivity contribution is 0.194. The van der Waals surface area contributed by atoms with Crippen LogP contribution in [0.2, 0.25) is 0 Å². The van der Waals surface area contributed by atoms with Crippen molar-refractivity contribution in [3.8, 4) is 0 Å². The Morgan fingerprint density at radius 2 is 2.05 bits per heavy atom. The third kappa shape index (κ3) is 2.89. The van der Waals surface area contributed by atoms with Gasteiger partial charge < -0.3 is 15.0 Å². The lowest BCUT2D eigenvalue weighted by Crippen LogP contribution is -2.34. The van der Waals surface area contributed by atoms with Gasteiger partial charge in [0.1, 0.15) is 5.65 Å². The Labute approximate surface area is 114 Å². The number of rotatable bonds is 3. The summed E-state index contributed by atoms with van der Waals surface area (Å²) in [6.45, 7) is 5.94. The molecule has 0 amide bonds. The normalized spacial score (nSPS) is 18.2. The van der Waals surface area contributed by atoms with Crippen LogP contribution in [0.15, 0.2) is 24.5 Å². The molecule has 1 aliphatic heterocycles. The second kappa shape index (κ2) is 5.21. The van der Waals surface area contributed by atoms with E-state index in [1.54, 1.807) is 0 Å². The molecule has 3 rings (SSSR count). The molecule has 0 spiro atoms. The number of fused-ring (bicyclic) bond motifs is 1. The third-order valence-electron chi connectivity index (χ3n) is 4.08. The average molecular weight is 258 g/mol. The Bertz CT molecular complexity index is 552. The van der Waals surface area contributed by atoms with E-state index in [1.165, 1.54) is 25.9 Å². The van der Waals surface area contributed by atoms with Gasteiger partial charge in [0.05, 0.1) is 5.69 Å². The van der Waals surface area contributed by atoms with Gasteiger partial charge in [0.15, 0.2) is 0 Å². The van der Waals surface area contributed by atoms with E-state index < -0.39 is 0 Å². The van der Waals surface area contributed by atoms with Crippen LogP contribution in [0.3, 0.4) is 0 Å². The van der Waals surface area contributed by atoms with Gasteiger partial charge >= 0.3 is 0 Å². The Kier molecular flexibility index (Phi) is 3.42. The monoisotopic (exact) mass is 258 g/mol. The van der Waals surface area contributed by atoms with E-state index in [2.05, 4.69) is 23.0 Å². The summed E-state index contributed by atoms with van der Waals surface area (Å²) in [6, 6.07) is 3.87. The van der Waals surface area contributed by atoms with E-state index in [4.69, 9.17) is 5.73 Å². The molecule has 102 valence electrons. The number of aromatic nitrogens is 2. The van der Waals surface area contributed by atoms with Crippen LogP contribution >= 0.6 is 0 Å². The first kappa shape index (κ1) is 12.5. The molecule has 0 unspecified atom stereocenters. The standard InChI is InChI=1S/C15H22N4/c1-12-4-7-18(8-5-12)9-6-14-11-19-10-13(16)2-3-15(19)17-14/h2-3,10-12H,4-9,16H2,1H3. The van der Waals surface area contributed by atoms with Gasteiger partial charge in [0.2, 0.25) is 0 Å². The van der Waals surface area contributed by atoms with Crippen LogP contribution < -0.4 is 5.73 Å². The number of likely N-dealkylation sites (tertiary alicyclic amines) is 1. The van der Waals surface area contributed by atoms with Crippen LogP contribution in [0.4, 0.5) is 5.69 Å². The van der Waals surface area contributed by atoms with Crippen LogP contribution in [-0.2, 0) is 6.42 Å². The summed E-state index contributed by atoms with van der Waals surface area (Å²) in [7, 11) is 0. The largest absolute Gasteiger partial charge is 0.398 e. The SMILES string of the molecule is CC1CCN(CCc2cn3cc(N)ccc3n2)CC1. The summed E-state index contributed by atoms with van der Waals surface area (Å²) in [5, 5.41) is 0. The second-order valence-corrected chi connectivity index (χ2v) is 5.73. The van der Waals surface area contributed by atoms with Crippen LogP contribution in [0.5, 0.6) is 0 Å². The van der Waals surface area contributed by atoms with Gasteiger partial charge in [-0.1, -0.05) is 6.92 Å². The van der Waals surface area contributed by atoms with E-state index >= 15 is 0 Å². The van der Waals surface area contributed by atoms with Crippen molar-refractivity contribution < 1.29 is 0 Å². The minimum atomic E-state index is 0.779. The van der Waals surface area contributed by atoms with Crippen molar-refractivity contribution in [2.24, 2.45) is 5.92 Å². The van der Waals surface area contributed by atoms with Crippen molar-refractivity contribution in [1.29, 1.82) is 0 Å². The molecule has 1 aliphatic rings. The highest BCUT2D eigenvalue weighted by Crippen LogP contribution is 2.16. The molecule has 0 bridgehead atoms. The van der Waals surface area contributed by atoms with Gasteiger partial charge in [0, 0.05) is 31.0 Å². The van der Waals surface area contributed by atoms with Gasteiger partial charge in [-0.2, -0.15) is 0 Å². The molecular weight excluding hydrogens is 236 g/mol. The summed E-state index contributed by atoms with van der Waals surface area (Å²) in [5.41, 5.74) is 8.70. The van der Waals surface area contributed by atoms with Crippen molar-refractivity contribution in [2.75, 3.05) is 25.4 Å². The zero-order valence-electron chi connectivity index (χ0n) is 11.5. The van der Waals surface area contributed by atoms with E-state index in [0.29, 0.717) is 0 Å². The smallest absolute Gasteiger partial charge is 0.137 e. The molecule has 0 radical (unpaired) electrons. The molecule has 2 N–H and O–H groups in total. The molecule has 1 fully saturated rings. The quantitative estimate of drug-likeness (QED) is 0.918. The number of anilines is 1. The zero-order valence-corrected chi connectivity index (χ0v) is 11.5. The third-order valence-corrected chi connectivity index (χ3v) is 4.08. The number of nitrogens with zero attached hydrogens (tertiary/aromatic N) is 3. The van der Waals surface area contributed by atoms with Crippen LogP contribution in [0, 0.1) is 5.92 Å². The van der Waals surface area contributed by atoms with Gasteiger partial charge in [-0.05, 0) is 44.0 Å². The Hall–Kier alpha value is -1.55. The maximum absolute atomic E-state index is 5.78. The molecule has 0 aliphatic carbocycles. The Morgan fingerprint density at radius 1 is 1.26 bits per heavy atom. The summed E-state index contributed by atoms with van der Waals surface area (Å²) >= 11 is 0. The molecule has 0 aromatic carbocycles. The summed E-state index contributed by atoms with van der Waals surface area (Å²) in [5.74, 6) is 0.898.